The Morgan fingerprint density at radius 1 is 1.12 bits per heavy atom. The van der Waals surface area contributed by atoms with Gasteiger partial charge in [-0.3, -0.25) is 4.79 Å². The summed E-state index contributed by atoms with van der Waals surface area (Å²) in [5.74, 6) is 1.72. The van der Waals surface area contributed by atoms with E-state index in [1.807, 2.05) is 19.9 Å². The van der Waals surface area contributed by atoms with Crippen molar-refractivity contribution in [2.24, 2.45) is 0 Å². The van der Waals surface area contributed by atoms with E-state index in [4.69, 9.17) is 8.83 Å². The first-order chi connectivity index (χ1) is 11.6. The van der Waals surface area contributed by atoms with Crippen LogP contribution in [0.25, 0.3) is 11.0 Å². The Morgan fingerprint density at radius 2 is 1.92 bits per heavy atom. The first kappa shape index (κ1) is 15.1. The molecule has 0 atom stereocenters. The summed E-state index contributed by atoms with van der Waals surface area (Å²) in [6.07, 6.45) is 5.52. The lowest BCUT2D eigenvalue weighted by molar-refractivity contribution is -0.120. The van der Waals surface area contributed by atoms with Crippen LogP contribution in [0.3, 0.4) is 0 Å². The smallest absolute Gasteiger partial charge is 0.224 e. The van der Waals surface area contributed by atoms with Crippen molar-refractivity contribution in [2.75, 3.05) is 0 Å². The van der Waals surface area contributed by atoms with E-state index in [2.05, 4.69) is 17.4 Å². The highest BCUT2D eigenvalue weighted by molar-refractivity contribution is 5.88. The molecule has 1 aromatic carbocycles. The number of furan rings is 2. The average molecular weight is 323 g/mol. The first-order valence-corrected chi connectivity index (χ1v) is 8.44. The van der Waals surface area contributed by atoms with Gasteiger partial charge in [0, 0.05) is 23.1 Å². The Labute approximate surface area is 140 Å². The number of benzene rings is 1. The Bertz CT molecular complexity index is 917. The fraction of sp³-hybridized carbons (Fsp3) is 0.350. The topological polar surface area (TPSA) is 55.4 Å². The summed E-state index contributed by atoms with van der Waals surface area (Å²) in [6, 6.07) is 6.30. The van der Waals surface area contributed by atoms with Crippen LogP contribution < -0.4 is 5.32 Å². The molecule has 4 heteroatoms. The third-order valence-electron chi connectivity index (χ3n) is 4.84. The van der Waals surface area contributed by atoms with Crippen LogP contribution in [0.2, 0.25) is 0 Å². The molecule has 0 spiro atoms. The summed E-state index contributed by atoms with van der Waals surface area (Å²) >= 11 is 0. The van der Waals surface area contributed by atoms with Gasteiger partial charge in [0.1, 0.15) is 17.1 Å². The second kappa shape index (κ2) is 5.86. The van der Waals surface area contributed by atoms with E-state index < -0.39 is 0 Å². The summed E-state index contributed by atoms with van der Waals surface area (Å²) in [5, 5.41) is 4.04. The maximum atomic E-state index is 12.3. The molecular weight excluding hydrogens is 302 g/mol. The lowest BCUT2D eigenvalue weighted by atomic mass is 10.0. The molecule has 124 valence electrons. The zero-order chi connectivity index (χ0) is 16.7. The molecule has 1 amide bonds. The van der Waals surface area contributed by atoms with Gasteiger partial charge in [0.05, 0.1) is 12.7 Å². The highest BCUT2D eigenvalue weighted by atomic mass is 16.3. The minimum Gasteiger partial charge on any atom is -0.466 e. The molecule has 0 saturated heterocycles. The summed E-state index contributed by atoms with van der Waals surface area (Å²) in [6.45, 7) is 4.32. The number of hydrogen-bond acceptors (Lipinski definition) is 3. The zero-order valence-electron chi connectivity index (χ0n) is 14.1. The number of fused-ring (bicyclic) bond motifs is 2. The molecule has 3 aromatic rings. The fourth-order valence-electron chi connectivity index (χ4n) is 3.57. The minimum atomic E-state index is -0.00329. The molecule has 0 fully saturated rings. The van der Waals surface area contributed by atoms with Crippen molar-refractivity contribution in [1.82, 2.24) is 5.32 Å². The third kappa shape index (κ3) is 2.73. The van der Waals surface area contributed by atoms with Gasteiger partial charge in [-0.1, -0.05) is 0 Å². The number of rotatable bonds is 4. The number of aryl methyl sites for hydroxylation is 4. The van der Waals surface area contributed by atoms with E-state index in [0.29, 0.717) is 13.0 Å². The largest absolute Gasteiger partial charge is 0.466 e. The van der Waals surface area contributed by atoms with Crippen molar-refractivity contribution >= 4 is 16.9 Å². The van der Waals surface area contributed by atoms with E-state index in [0.717, 1.165) is 46.5 Å². The van der Waals surface area contributed by atoms with E-state index in [9.17, 15) is 4.79 Å². The Morgan fingerprint density at radius 3 is 2.67 bits per heavy atom. The molecule has 1 aliphatic rings. The van der Waals surface area contributed by atoms with Crippen molar-refractivity contribution in [3.05, 3.63) is 58.2 Å². The van der Waals surface area contributed by atoms with Gasteiger partial charge in [-0.25, -0.2) is 0 Å². The summed E-state index contributed by atoms with van der Waals surface area (Å²) in [7, 11) is 0. The molecule has 0 radical (unpaired) electrons. The number of carbonyl (C=O) groups excluding carboxylic acids is 1. The SMILES string of the molecule is Cc1cc(CNC(=O)Cc2coc3cc4c(cc23)CCC4)c(C)o1. The molecule has 2 aromatic heterocycles. The fourth-order valence-corrected chi connectivity index (χ4v) is 3.57. The second-order valence-electron chi connectivity index (χ2n) is 6.62. The van der Waals surface area contributed by atoms with Gasteiger partial charge in [0.25, 0.3) is 0 Å². The van der Waals surface area contributed by atoms with Crippen LogP contribution in [0.15, 0.2) is 33.3 Å². The molecule has 4 rings (SSSR count). The van der Waals surface area contributed by atoms with Crippen molar-refractivity contribution in [3.63, 3.8) is 0 Å². The normalized spacial score (nSPS) is 13.4. The van der Waals surface area contributed by atoms with Gasteiger partial charge in [0.2, 0.25) is 5.91 Å². The van der Waals surface area contributed by atoms with E-state index >= 15 is 0 Å². The molecular formula is C20H21NO3. The highest BCUT2D eigenvalue weighted by Crippen LogP contribution is 2.30. The lowest BCUT2D eigenvalue weighted by Gasteiger charge is -2.04. The van der Waals surface area contributed by atoms with Crippen LogP contribution in [0.4, 0.5) is 0 Å². The van der Waals surface area contributed by atoms with Crippen molar-refractivity contribution in [3.8, 4) is 0 Å². The molecule has 2 heterocycles. The van der Waals surface area contributed by atoms with Crippen LogP contribution in [-0.2, 0) is 30.6 Å². The van der Waals surface area contributed by atoms with Crippen molar-refractivity contribution in [1.29, 1.82) is 0 Å². The predicted molar refractivity (Wildman–Crippen MR) is 92.0 cm³/mol. The standard InChI is InChI=1S/C20H21NO3/c1-12-6-16(13(2)24-12)10-21-20(22)9-17-11-23-19-8-15-5-3-4-14(15)7-18(17)19/h6-8,11H,3-5,9-10H2,1-2H3,(H,21,22). The predicted octanol–water partition coefficient (Wildman–Crippen LogP) is 3.99. The van der Waals surface area contributed by atoms with Crippen LogP contribution in [0, 0.1) is 13.8 Å². The van der Waals surface area contributed by atoms with Gasteiger partial charge in [-0.2, -0.15) is 0 Å². The van der Waals surface area contributed by atoms with Crippen LogP contribution in [0.5, 0.6) is 0 Å². The molecule has 24 heavy (non-hydrogen) atoms. The van der Waals surface area contributed by atoms with Crippen LogP contribution in [0.1, 0.15) is 40.2 Å². The van der Waals surface area contributed by atoms with Crippen molar-refractivity contribution in [2.45, 2.75) is 46.1 Å². The number of hydrogen-bond donors (Lipinski definition) is 1. The molecule has 0 unspecified atom stereocenters. The first-order valence-electron chi connectivity index (χ1n) is 8.44. The molecule has 1 aliphatic carbocycles. The van der Waals surface area contributed by atoms with E-state index in [1.54, 1.807) is 6.26 Å². The van der Waals surface area contributed by atoms with Gasteiger partial charge in [0.15, 0.2) is 0 Å². The monoisotopic (exact) mass is 323 g/mol. The van der Waals surface area contributed by atoms with E-state index in [1.165, 1.54) is 17.5 Å². The van der Waals surface area contributed by atoms with Gasteiger partial charge >= 0.3 is 0 Å². The molecule has 0 aliphatic heterocycles. The lowest BCUT2D eigenvalue weighted by Crippen LogP contribution is -2.24. The summed E-state index contributed by atoms with van der Waals surface area (Å²) in [5.41, 5.74) is 5.65. The van der Waals surface area contributed by atoms with Crippen molar-refractivity contribution < 1.29 is 13.6 Å². The quantitative estimate of drug-likeness (QED) is 0.790. The van der Waals surface area contributed by atoms with E-state index in [-0.39, 0.29) is 5.91 Å². The molecule has 4 nitrogen and oxygen atoms in total. The molecule has 1 N–H and O–H groups in total. The second-order valence-corrected chi connectivity index (χ2v) is 6.62. The van der Waals surface area contributed by atoms with Gasteiger partial charge in [-0.05, 0) is 62.4 Å². The Kier molecular flexibility index (Phi) is 3.68. The third-order valence-corrected chi connectivity index (χ3v) is 4.84. The molecule has 0 bridgehead atoms. The van der Waals surface area contributed by atoms with Gasteiger partial charge < -0.3 is 14.2 Å². The Hall–Kier alpha value is -2.49. The average Bonchev–Trinajstić information content (AvgIpc) is 3.23. The number of carbonyl (C=O) groups is 1. The highest BCUT2D eigenvalue weighted by Gasteiger charge is 2.17. The van der Waals surface area contributed by atoms with Crippen LogP contribution in [-0.4, -0.2) is 5.91 Å². The van der Waals surface area contributed by atoms with Crippen LogP contribution >= 0.6 is 0 Å². The summed E-state index contributed by atoms with van der Waals surface area (Å²) in [4.78, 5) is 12.3. The minimum absolute atomic E-state index is 0.00329. The maximum absolute atomic E-state index is 12.3. The number of nitrogens with one attached hydrogen (secondary N) is 1. The van der Waals surface area contributed by atoms with Gasteiger partial charge in [-0.15, -0.1) is 0 Å². The maximum Gasteiger partial charge on any atom is 0.224 e. The molecule has 0 saturated carbocycles. The Balaban J connectivity index is 1.47. The summed E-state index contributed by atoms with van der Waals surface area (Å²) < 4.78 is 11.2. The number of amides is 1. The zero-order valence-corrected chi connectivity index (χ0v) is 14.1.